The fourth-order valence-corrected chi connectivity index (χ4v) is 0.302. The van der Waals surface area contributed by atoms with Gasteiger partial charge in [0, 0.05) is 12.8 Å². The normalized spacial score (nSPS) is 15.7. The quantitative estimate of drug-likeness (QED) is 0.463. The Kier molecular flexibility index (Phi) is 2.90. The standard InChI is InChI=1S/C4H7F4N/c5-3(9)1-2-4(6,7)8/h3H,1-2,9H2. The molecule has 1 nitrogen and oxygen atoms in total. The summed E-state index contributed by atoms with van der Waals surface area (Å²) in [4.78, 5) is 0. The molecular weight excluding hydrogens is 138 g/mol. The molecule has 0 heterocycles. The number of hydrogen-bond donors (Lipinski definition) is 1. The van der Waals surface area contributed by atoms with Gasteiger partial charge in [0.05, 0.1) is 0 Å². The lowest BCUT2D eigenvalue weighted by Gasteiger charge is -2.05. The number of halogens is 4. The summed E-state index contributed by atoms with van der Waals surface area (Å²) in [5, 5.41) is 0. The van der Waals surface area contributed by atoms with Crippen LogP contribution in [0.2, 0.25) is 0 Å². The Labute approximate surface area is 49.8 Å². The molecule has 0 radical (unpaired) electrons. The van der Waals surface area contributed by atoms with Gasteiger partial charge >= 0.3 is 6.18 Å². The Bertz CT molecular complexity index is 77.1. The van der Waals surface area contributed by atoms with Crippen LogP contribution < -0.4 is 5.73 Å². The van der Waals surface area contributed by atoms with E-state index in [1.165, 1.54) is 0 Å². The fraction of sp³-hybridized carbons (Fsp3) is 1.00. The highest BCUT2D eigenvalue weighted by molar-refractivity contribution is 4.53. The molecular formula is C4H7F4N. The van der Waals surface area contributed by atoms with Gasteiger partial charge in [-0.1, -0.05) is 0 Å². The molecule has 9 heavy (non-hydrogen) atoms. The molecule has 5 heteroatoms. The molecule has 0 aromatic heterocycles. The van der Waals surface area contributed by atoms with Gasteiger partial charge in [-0.3, -0.25) is 0 Å². The van der Waals surface area contributed by atoms with Crippen molar-refractivity contribution < 1.29 is 17.6 Å². The van der Waals surface area contributed by atoms with Crippen LogP contribution >= 0.6 is 0 Å². The van der Waals surface area contributed by atoms with Crippen LogP contribution in [-0.2, 0) is 0 Å². The summed E-state index contributed by atoms with van der Waals surface area (Å²) in [6.07, 6.45) is -7.94. The SMILES string of the molecule is NC(F)CCC(F)(F)F. The first-order chi connectivity index (χ1) is 3.92. The first-order valence-electron chi connectivity index (χ1n) is 2.38. The lowest BCUT2D eigenvalue weighted by molar-refractivity contribution is -0.138. The first kappa shape index (κ1) is 8.68. The highest BCUT2D eigenvalue weighted by Crippen LogP contribution is 2.21. The summed E-state index contributed by atoms with van der Waals surface area (Å²) in [5.41, 5.74) is 4.43. The molecule has 0 aliphatic carbocycles. The molecule has 0 aliphatic rings. The third kappa shape index (κ3) is 7.68. The zero-order valence-corrected chi connectivity index (χ0v) is 4.58. The molecule has 2 N–H and O–H groups in total. The second-order valence-electron chi connectivity index (χ2n) is 1.67. The summed E-state index contributed by atoms with van der Waals surface area (Å²) < 4.78 is 45.1. The highest BCUT2D eigenvalue weighted by Gasteiger charge is 2.27. The van der Waals surface area contributed by atoms with E-state index in [9.17, 15) is 17.6 Å². The minimum absolute atomic E-state index is 0.649. The predicted octanol–water partition coefficient (Wildman–Crippen LogP) is 1.58. The van der Waals surface area contributed by atoms with Crippen LogP contribution in [0.25, 0.3) is 0 Å². The predicted molar refractivity (Wildman–Crippen MR) is 24.4 cm³/mol. The third-order valence-corrected chi connectivity index (χ3v) is 0.704. The van der Waals surface area contributed by atoms with Crippen molar-refractivity contribution in [3.8, 4) is 0 Å². The molecule has 0 saturated heterocycles. The summed E-state index contributed by atoms with van der Waals surface area (Å²) in [6.45, 7) is 0. The van der Waals surface area contributed by atoms with Crippen molar-refractivity contribution in [1.29, 1.82) is 0 Å². The average Bonchev–Trinajstić information content (AvgIpc) is 1.59. The van der Waals surface area contributed by atoms with E-state index in [1.807, 2.05) is 0 Å². The van der Waals surface area contributed by atoms with Crippen molar-refractivity contribution in [2.24, 2.45) is 5.73 Å². The van der Waals surface area contributed by atoms with E-state index in [0.29, 0.717) is 0 Å². The Morgan fingerprint density at radius 3 is 1.89 bits per heavy atom. The molecule has 0 aromatic rings. The van der Waals surface area contributed by atoms with Gasteiger partial charge in [0.25, 0.3) is 0 Å². The second kappa shape index (κ2) is 3.00. The molecule has 0 spiro atoms. The number of alkyl halides is 4. The molecule has 0 aliphatic heterocycles. The van der Waals surface area contributed by atoms with Crippen LogP contribution in [0.4, 0.5) is 17.6 Å². The Morgan fingerprint density at radius 1 is 1.33 bits per heavy atom. The van der Waals surface area contributed by atoms with E-state index in [-0.39, 0.29) is 0 Å². The van der Waals surface area contributed by atoms with Gasteiger partial charge in [0.2, 0.25) is 0 Å². The molecule has 1 atom stereocenters. The van der Waals surface area contributed by atoms with E-state index in [4.69, 9.17) is 0 Å². The summed E-state index contributed by atoms with van der Waals surface area (Å²) in [7, 11) is 0. The van der Waals surface area contributed by atoms with Crippen molar-refractivity contribution in [2.45, 2.75) is 25.3 Å². The molecule has 56 valence electrons. The summed E-state index contributed by atoms with van der Waals surface area (Å²) >= 11 is 0. The zero-order chi connectivity index (χ0) is 7.49. The monoisotopic (exact) mass is 145 g/mol. The summed E-state index contributed by atoms with van der Waals surface area (Å²) in [6, 6.07) is 0. The van der Waals surface area contributed by atoms with Crippen molar-refractivity contribution in [3.63, 3.8) is 0 Å². The minimum atomic E-state index is -4.29. The number of rotatable bonds is 2. The first-order valence-corrected chi connectivity index (χ1v) is 2.38. The van der Waals surface area contributed by atoms with Crippen LogP contribution in [0, 0.1) is 0 Å². The second-order valence-corrected chi connectivity index (χ2v) is 1.67. The molecule has 0 saturated carbocycles. The van der Waals surface area contributed by atoms with Crippen LogP contribution in [-0.4, -0.2) is 12.5 Å². The molecule has 0 rings (SSSR count). The van der Waals surface area contributed by atoms with Gasteiger partial charge in [-0.2, -0.15) is 13.2 Å². The molecule has 0 bridgehead atoms. The lowest BCUT2D eigenvalue weighted by atomic mass is 10.3. The van der Waals surface area contributed by atoms with Gasteiger partial charge in [-0.15, -0.1) is 0 Å². The van der Waals surface area contributed by atoms with E-state index in [1.54, 1.807) is 0 Å². The zero-order valence-electron chi connectivity index (χ0n) is 4.58. The molecule has 1 unspecified atom stereocenters. The largest absolute Gasteiger partial charge is 0.389 e. The van der Waals surface area contributed by atoms with Crippen molar-refractivity contribution in [2.75, 3.05) is 0 Å². The summed E-state index contributed by atoms with van der Waals surface area (Å²) in [5.74, 6) is 0. The van der Waals surface area contributed by atoms with Crippen molar-refractivity contribution >= 4 is 0 Å². The van der Waals surface area contributed by atoms with Crippen LogP contribution in [0.3, 0.4) is 0 Å². The van der Waals surface area contributed by atoms with Gasteiger partial charge in [0.15, 0.2) is 0 Å². The molecule has 0 amide bonds. The maximum atomic E-state index is 11.5. The smallest absolute Gasteiger partial charge is 0.302 e. The van der Waals surface area contributed by atoms with Crippen LogP contribution in [0.1, 0.15) is 12.8 Å². The van der Waals surface area contributed by atoms with Gasteiger partial charge in [-0.25, -0.2) is 4.39 Å². The highest BCUT2D eigenvalue weighted by atomic mass is 19.4. The van der Waals surface area contributed by atoms with Gasteiger partial charge in [-0.05, 0) is 0 Å². The number of hydrogen-bond acceptors (Lipinski definition) is 1. The van der Waals surface area contributed by atoms with E-state index in [2.05, 4.69) is 5.73 Å². The van der Waals surface area contributed by atoms with Crippen LogP contribution in [0.15, 0.2) is 0 Å². The Hall–Kier alpha value is -0.320. The van der Waals surface area contributed by atoms with Crippen LogP contribution in [0.5, 0.6) is 0 Å². The van der Waals surface area contributed by atoms with Gasteiger partial charge < -0.3 is 5.73 Å². The van der Waals surface area contributed by atoms with E-state index in [0.717, 1.165) is 0 Å². The molecule has 0 fully saturated rings. The van der Waals surface area contributed by atoms with Crippen molar-refractivity contribution in [1.82, 2.24) is 0 Å². The Morgan fingerprint density at radius 2 is 1.78 bits per heavy atom. The van der Waals surface area contributed by atoms with Crippen molar-refractivity contribution in [3.05, 3.63) is 0 Å². The number of nitrogens with two attached hydrogens (primary N) is 1. The third-order valence-electron chi connectivity index (χ3n) is 0.704. The van der Waals surface area contributed by atoms with E-state index < -0.39 is 25.3 Å². The lowest BCUT2D eigenvalue weighted by Crippen LogP contribution is -2.17. The molecule has 0 aromatic carbocycles. The maximum Gasteiger partial charge on any atom is 0.389 e. The topological polar surface area (TPSA) is 26.0 Å². The average molecular weight is 145 g/mol. The minimum Gasteiger partial charge on any atom is -0.302 e. The Balaban J connectivity index is 3.28. The fourth-order valence-electron chi connectivity index (χ4n) is 0.302. The van der Waals surface area contributed by atoms with Gasteiger partial charge in [0.1, 0.15) is 6.30 Å². The maximum absolute atomic E-state index is 11.5. The van der Waals surface area contributed by atoms with E-state index >= 15 is 0 Å².